The molecule has 0 aliphatic heterocycles. The topological polar surface area (TPSA) is 77.8 Å². The first-order valence-corrected chi connectivity index (χ1v) is 5.86. The van der Waals surface area contributed by atoms with Crippen molar-refractivity contribution in [3.05, 3.63) is 52.5 Å². The van der Waals surface area contributed by atoms with E-state index in [4.69, 9.17) is 16.7 Å². The second-order valence-electron chi connectivity index (χ2n) is 4.00. The predicted molar refractivity (Wildman–Crippen MR) is 71.4 cm³/mol. The molecule has 0 saturated heterocycles. The number of hydrogen-bond donors (Lipinski definition) is 3. The van der Waals surface area contributed by atoms with Crippen LogP contribution in [0.2, 0.25) is 5.02 Å². The fraction of sp³-hybridized carbons (Fsp3) is 0.0714. The van der Waals surface area contributed by atoms with Crippen molar-refractivity contribution in [2.24, 2.45) is 0 Å². The number of phenols is 1. The SMILES string of the molecule is O=C(O)c1cc(-c2cc(Cl)ccc2CO)ccc1O. The Balaban J connectivity index is 2.62. The normalized spacial score (nSPS) is 10.4. The lowest BCUT2D eigenvalue weighted by Gasteiger charge is -2.10. The molecular formula is C14H11ClO4. The van der Waals surface area contributed by atoms with Crippen LogP contribution in [0.1, 0.15) is 15.9 Å². The first-order valence-electron chi connectivity index (χ1n) is 5.49. The second-order valence-corrected chi connectivity index (χ2v) is 4.43. The predicted octanol–water partition coefficient (Wildman–Crippen LogP) is 2.90. The fourth-order valence-electron chi connectivity index (χ4n) is 1.83. The van der Waals surface area contributed by atoms with Gasteiger partial charge >= 0.3 is 5.97 Å². The molecule has 0 amide bonds. The van der Waals surface area contributed by atoms with Gasteiger partial charge in [0, 0.05) is 5.02 Å². The van der Waals surface area contributed by atoms with Gasteiger partial charge in [-0.1, -0.05) is 23.7 Å². The van der Waals surface area contributed by atoms with Crippen molar-refractivity contribution in [1.82, 2.24) is 0 Å². The summed E-state index contributed by atoms with van der Waals surface area (Å²) in [5.74, 6) is -1.52. The molecule has 0 bridgehead atoms. The number of aromatic hydroxyl groups is 1. The van der Waals surface area contributed by atoms with Gasteiger partial charge in [-0.05, 0) is 41.0 Å². The van der Waals surface area contributed by atoms with Crippen molar-refractivity contribution in [1.29, 1.82) is 0 Å². The molecule has 0 fully saturated rings. The van der Waals surface area contributed by atoms with Crippen LogP contribution < -0.4 is 0 Å². The number of carbonyl (C=O) groups is 1. The molecule has 0 aromatic heterocycles. The van der Waals surface area contributed by atoms with Crippen molar-refractivity contribution in [3.63, 3.8) is 0 Å². The quantitative estimate of drug-likeness (QED) is 0.807. The van der Waals surface area contributed by atoms with Gasteiger partial charge in [-0.25, -0.2) is 4.79 Å². The molecule has 0 radical (unpaired) electrons. The van der Waals surface area contributed by atoms with Crippen molar-refractivity contribution in [2.75, 3.05) is 0 Å². The highest BCUT2D eigenvalue weighted by atomic mass is 35.5. The highest BCUT2D eigenvalue weighted by molar-refractivity contribution is 6.30. The molecule has 2 aromatic carbocycles. The molecule has 98 valence electrons. The number of hydrogen-bond acceptors (Lipinski definition) is 3. The standard InChI is InChI=1S/C14H11ClO4/c15-10-3-1-9(7-16)11(6-10)8-2-4-13(17)12(5-8)14(18)19/h1-6,16-17H,7H2,(H,18,19). The van der Waals surface area contributed by atoms with Gasteiger partial charge in [0.15, 0.2) is 0 Å². The average molecular weight is 279 g/mol. The average Bonchev–Trinajstić information content (AvgIpc) is 2.39. The smallest absolute Gasteiger partial charge is 0.339 e. The Morgan fingerprint density at radius 3 is 2.53 bits per heavy atom. The maximum atomic E-state index is 11.0. The molecule has 19 heavy (non-hydrogen) atoms. The van der Waals surface area contributed by atoms with E-state index in [2.05, 4.69) is 0 Å². The summed E-state index contributed by atoms with van der Waals surface area (Å²) in [6.07, 6.45) is 0. The van der Waals surface area contributed by atoms with Crippen LogP contribution in [0.15, 0.2) is 36.4 Å². The van der Waals surface area contributed by atoms with E-state index >= 15 is 0 Å². The zero-order valence-electron chi connectivity index (χ0n) is 9.80. The Morgan fingerprint density at radius 2 is 1.89 bits per heavy atom. The van der Waals surface area contributed by atoms with Crippen LogP contribution in [0, 0.1) is 0 Å². The third kappa shape index (κ3) is 2.70. The van der Waals surface area contributed by atoms with Crippen molar-refractivity contribution in [3.8, 4) is 16.9 Å². The van der Waals surface area contributed by atoms with E-state index in [1.165, 1.54) is 12.1 Å². The van der Waals surface area contributed by atoms with Gasteiger partial charge in [-0.15, -0.1) is 0 Å². The molecule has 2 rings (SSSR count). The first kappa shape index (κ1) is 13.4. The summed E-state index contributed by atoms with van der Waals surface area (Å²) in [4.78, 5) is 11.0. The number of aliphatic hydroxyl groups is 1. The zero-order valence-corrected chi connectivity index (χ0v) is 10.6. The van der Waals surface area contributed by atoms with Gasteiger partial charge < -0.3 is 15.3 Å². The van der Waals surface area contributed by atoms with E-state index < -0.39 is 5.97 Å². The van der Waals surface area contributed by atoms with Crippen molar-refractivity contribution in [2.45, 2.75) is 6.61 Å². The van der Waals surface area contributed by atoms with Crippen molar-refractivity contribution >= 4 is 17.6 Å². The van der Waals surface area contributed by atoms with Gasteiger partial charge in [0.2, 0.25) is 0 Å². The Hall–Kier alpha value is -2.04. The minimum Gasteiger partial charge on any atom is -0.507 e. The fourth-order valence-corrected chi connectivity index (χ4v) is 2.00. The minimum absolute atomic E-state index is 0.185. The lowest BCUT2D eigenvalue weighted by Crippen LogP contribution is -1.98. The number of benzene rings is 2. The lowest BCUT2D eigenvalue weighted by atomic mass is 9.98. The van der Waals surface area contributed by atoms with Gasteiger partial charge in [-0.2, -0.15) is 0 Å². The zero-order chi connectivity index (χ0) is 14.0. The van der Waals surface area contributed by atoms with E-state index in [9.17, 15) is 15.0 Å². The van der Waals surface area contributed by atoms with Crippen LogP contribution in [0.5, 0.6) is 5.75 Å². The molecule has 4 nitrogen and oxygen atoms in total. The van der Waals surface area contributed by atoms with Crippen LogP contribution in [0.25, 0.3) is 11.1 Å². The summed E-state index contributed by atoms with van der Waals surface area (Å²) >= 11 is 5.91. The lowest BCUT2D eigenvalue weighted by molar-refractivity contribution is 0.0694. The van der Waals surface area contributed by atoms with Crippen LogP contribution in [-0.4, -0.2) is 21.3 Å². The number of carboxylic acid groups (broad SMARTS) is 1. The summed E-state index contributed by atoms with van der Waals surface area (Å²) in [5.41, 5.74) is 1.65. The van der Waals surface area contributed by atoms with E-state index in [-0.39, 0.29) is 17.9 Å². The Morgan fingerprint density at radius 1 is 1.16 bits per heavy atom. The number of aromatic carboxylic acids is 1. The van der Waals surface area contributed by atoms with Crippen molar-refractivity contribution < 1.29 is 20.1 Å². The van der Waals surface area contributed by atoms with Gasteiger partial charge in [0.25, 0.3) is 0 Å². The van der Waals surface area contributed by atoms with E-state index in [0.29, 0.717) is 21.7 Å². The monoisotopic (exact) mass is 278 g/mol. The first-order chi connectivity index (χ1) is 9.02. The Bertz CT molecular complexity index is 637. The summed E-state index contributed by atoms with van der Waals surface area (Å²) in [6.45, 7) is -0.185. The van der Waals surface area contributed by atoms with Crippen LogP contribution in [-0.2, 0) is 6.61 Å². The molecule has 2 aromatic rings. The summed E-state index contributed by atoms with van der Waals surface area (Å²) in [7, 11) is 0. The summed E-state index contributed by atoms with van der Waals surface area (Å²) < 4.78 is 0. The molecule has 0 spiro atoms. The van der Waals surface area contributed by atoms with Crippen LogP contribution in [0.3, 0.4) is 0 Å². The molecule has 0 aliphatic carbocycles. The van der Waals surface area contributed by atoms with Crippen LogP contribution in [0.4, 0.5) is 0 Å². The van der Waals surface area contributed by atoms with E-state index in [1.807, 2.05) is 0 Å². The maximum Gasteiger partial charge on any atom is 0.339 e. The van der Waals surface area contributed by atoms with E-state index in [0.717, 1.165) is 0 Å². The number of rotatable bonds is 3. The summed E-state index contributed by atoms with van der Waals surface area (Å²) in [5, 5.41) is 28.2. The molecule has 0 heterocycles. The molecule has 0 saturated carbocycles. The molecule has 0 unspecified atom stereocenters. The Labute approximate surface area is 114 Å². The number of carboxylic acids is 1. The Kier molecular flexibility index (Phi) is 3.74. The third-order valence-electron chi connectivity index (χ3n) is 2.78. The number of aliphatic hydroxyl groups excluding tert-OH is 1. The second kappa shape index (κ2) is 5.30. The van der Waals surface area contributed by atoms with Gasteiger partial charge in [0.1, 0.15) is 11.3 Å². The van der Waals surface area contributed by atoms with Gasteiger partial charge in [0.05, 0.1) is 6.61 Å². The van der Waals surface area contributed by atoms with Crippen LogP contribution >= 0.6 is 11.6 Å². The molecule has 0 atom stereocenters. The highest BCUT2D eigenvalue weighted by Gasteiger charge is 2.13. The minimum atomic E-state index is -1.22. The molecule has 3 N–H and O–H groups in total. The molecule has 5 heteroatoms. The third-order valence-corrected chi connectivity index (χ3v) is 3.02. The highest BCUT2D eigenvalue weighted by Crippen LogP contribution is 2.30. The largest absolute Gasteiger partial charge is 0.507 e. The van der Waals surface area contributed by atoms with E-state index in [1.54, 1.807) is 24.3 Å². The summed E-state index contributed by atoms with van der Waals surface area (Å²) in [6, 6.07) is 9.20. The molecular weight excluding hydrogens is 268 g/mol. The molecule has 0 aliphatic rings. The number of halogens is 1. The maximum absolute atomic E-state index is 11.0. The van der Waals surface area contributed by atoms with Gasteiger partial charge in [-0.3, -0.25) is 0 Å².